The third kappa shape index (κ3) is 2.86. The van der Waals surface area contributed by atoms with Crippen molar-refractivity contribution in [2.45, 2.75) is 12.5 Å². The third-order valence-corrected chi connectivity index (χ3v) is 4.08. The number of rotatable bonds is 2. The first-order valence-corrected chi connectivity index (χ1v) is 7.46. The van der Waals surface area contributed by atoms with Crippen LogP contribution in [0.15, 0.2) is 22.8 Å². The highest BCUT2D eigenvalue weighted by Gasteiger charge is 2.43. The van der Waals surface area contributed by atoms with E-state index >= 15 is 0 Å². The van der Waals surface area contributed by atoms with E-state index in [1.54, 1.807) is 21.9 Å². The minimum Gasteiger partial charge on any atom is -0.459 e. The van der Waals surface area contributed by atoms with Crippen LogP contribution in [0.1, 0.15) is 17.5 Å². The quantitative estimate of drug-likeness (QED) is 0.789. The van der Waals surface area contributed by atoms with Crippen LogP contribution in [-0.4, -0.2) is 73.2 Å². The lowest BCUT2D eigenvalue weighted by Gasteiger charge is -2.42. The number of likely N-dealkylation sites (N-methyl/N-ethyl adjacent to an activating group) is 1. The van der Waals surface area contributed by atoms with E-state index in [-0.39, 0.29) is 18.4 Å². The molecule has 22 heavy (non-hydrogen) atoms. The predicted molar refractivity (Wildman–Crippen MR) is 76.4 cm³/mol. The van der Waals surface area contributed by atoms with Gasteiger partial charge >= 0.3 is 0 Å². The maximum Gasteiger partial charge on any atom is 0.289 e. The number of carbonyl (C=O) groups is 2. The van der Waals surface area contributed by atoms with Crippen LogP contribution in [0.2, 0.25) is 0 Å². The fourth-order valence-corrected chi connectivity index (χ4v) is 2.89. The molecule has 2 aliphatic heterocycles. The summed E-state index contributed by atoms with van der Waals surface area (Å²) in [5.41, 5.74) is -0.664. The van der Waals surface area contributed by atoms with Crippen LogP contribution in [-0.2, 0) is 14.3 Å². The number of morpholine rings is 1. The molecular weight excluding hydrogens is 288 g/mol. The van der Waals surface area contributed by atoms with Gasteiger partial charge in [0.1, 0.15) is 12.2 Å². The van der Waals surface area contributed by atoms with Crippen LogP contribution >= 0.6 is 0 Å². The third-order valence-electron chi connectivity index (χ3n) is 4.08. The summed E-state index contributed by atoms with van der Waals surface area (Å²) in [7, 11) is 0. The molecule has 1 atom stereocenters. The van der Waals surface area contributed by atoms with Gasteiger partial charge in [-0.2, -0.15) is 0 Å². The van der Waals surface area contributed by atoms with Gasteiger partial charge in [0.2, 0.25) is 5.91 Å². The topological polar surface area (TPSA) is 72.2 Å². The molecule has 2 fully saturated rings. The Morgan fingerprint density at radius 1 is 1.41 bits per heavy atom. The van der Waals surface area contributed by atoms with E-state index in [4.69, 9.17) is 13.9 Å². The van der Waals surface area contributed by atoms with E-state index in [0.29, 0.717) is 45.2 Å². The summed E-state index contributed by atoms with van der Waals surface area (Å²) in [6.07, 6.45) is 1.48. The zero-order valence-corrected chi connectivity index (χ0v) is 12.6. The Morgan fingerprint density at radius 2 is 2.27 bits per heavy atom. The highest BCUT2D eigenvalue weighted by Crippen LogP contribution is 2.24. The van der Waals surface area contributed by atoms with Gasteiger partial charge in [0.15, 0.2) is 5.76 Å². The fourth-order valence-electron chi connectivity index (χ4n) is 2.89. The molecule has 0 aromatic carbocycles. The Labute approximate surface area is 128 Å². The number of furan rings is 1. The lowest BCUT2D eigenvalue weighted by Crippen LogP contribution is -2.60. The summed E-state index contributed by atoms with van der Waals surface area (Å²) in [5.74, 6) is 0.0935. The van der Waals surface area contributed by atoms with Crippen LogP contribution in [0.25, 0.3) is 0 Å². The van der Waals surface area contributed by atoms with Crippen molar-refractivity contribution < 1.29 is 23.5 Å². The van der Waals surface area contributed by atoms with Crippen LogP contribution < -0.4 is 0 Å². The molecule has 1 aromatic rings. The van der Waals surface area contributed by atoms with Gasteiger partial charge in [0.25, 0.3) is 5.91 Å². The van der Waals surface area contributed by atoms with Crippen LogP contribution in [0.5, 0.6) is 0 Å². The predicted octanol–water partition coefficient (Wildman–Crippen LogP) is 0.369. The minimum absolute atomic E-state index is 0.0266. The molecule has 0 aliphatic carbocycles. The van der Waals surface area contributed by atoms with Crippen LogP contribution in [0, 0.1) is 0 Å². The fraction of sp³-hybridized carbons (Fsp3) is 0.600. The van der Waals surface area contributed by atoms with E-state index in [0.717, 1.165) is 0 Å². The van der Waals surface area contributed by atoms with Gasteiger partial charge in [-0.25, -0.2) is 0 Å². The summed E-state index contributed by atoms with van der Waals surface area (Å²) in [5, 5.41) is 0. The maximum atomic E-state index is 12.5. The standard InChI is InChI=1S/C15H20N2O5/c1-2-16-9-15(22-8-13(16)18)10-17(5-7-20-11-15)14(19)12-4-3-6-21-12/h3-4,6H,2,5,7-11H2,1H3/t15-/m1/s1. The van der Waals surface area contributed by atoms with Crippen molar-refractivity contribution in [2.75, 3.05) is 46.0 Å². The van der Waals surface area contributed by atoms with Crippen LogP contribution in [0.4, 0.5) is 0 Å². The van der Waals surface area contributed by atoms with Crippen LogP contribution in [0.3, 0.4) is 0 Å². The molecule has 0 bridgehead atoms. The second-order valence-corrected chi connectivity index (χ2v) is 5.64. The average Bonchev–Trinajstić information content (AvgIpc) is 2.99. The summed E-state index contributed by atoms with van der Waals surface area (Å²) < 4.78 is 16.6. The first-order valence-electron chi connectivity index (χ1n) is 7.46. The largest absolute Gasteiger partial charge is 0.459 e. The van der Waals surface area contributed by atoms with Gasteiger partial charge in [-0.05, 0) is 19.1 Å². The molecule has 2 saturated heterocycles. The monoisotopic (exact) mass is 308 g/mol. The number of carbonyl (C=O) groups excluding carboxylic acids is 2. The molecule has 0 radical (unpaired) electrons. The second kappa shape index (κ2) is 6.10. The molecular formula is C15H20N2O5. The van der Waals surface area contributed by atoms with E-state index < -0.39 is 5.60 Å². The van der Waals surface area contributed by atoms with E-state index in [9.17, 15) is 9.59 Å². The Bertz CT molecular complexity index is 544. The molecule has 120 valence electrons. The van der Waals surface area contributed by atoms with Crippen molar-refractivity contribution in [1.29, 1.82) is 0 Å². The Balaban J connectivity index is 1.78. The number of nitrogens with zero attached hydrogens (tertiary/aromatic N) is 2. The smallest absolute Gasteiger partial charge is 0.289 e. The Morgan fingerprint density at radius 3 is 3.00 bits per heavy atom. The number of hydrogen-bond acceptors (Lipinski definition) is 5. The molecule has 2 amide bonds. The average molecular weight is 308 g/mol. The Hall–Kier alpha value is -1.86. The highest BCUT2D eigenvalue weighted by molar-refractivity contribution is 5.91. The molecule has 2 aliphatic rings. The normalized spacial score (nSPS) is 26.3. The van der Waals surface area contributed by atoms with Crippen molar-refractivity contribution in [3.63, 3.8) is 0 Å². The molecule has 0 saturated carbocycles. The highest BCUT2D eigenvalue weighted by atomic mass is 16.6. The number of hydrogen-bond donors (Lipinski definition) is 0. The number of ether oxygens (including phenoxy) is 2. The summed E-state index contributed by atoms with van der Waals surface area (Å²) in [4.78, 5) is 27.7. The Kier molecular flexibility index (Phi) is 4.17. The van der Waals surface area contributed by atoms with Gasteiger partial charge in [-0.3, -0.25) is 9.59 Å². The van der Waals surface area contributed by atoms with Gasteiger partial charge in [0, 0.05) is 13.1 Å². The van der Waals surface area contributed by atoms with Gasteiger partial charge in [0.05, 0.1) is 32.6 Å². The molecule has 0 unspecified atom stereocenters. The number of amides is 2. The maximum absolute atomic E-state index is 12.5. The lowest BCUT2D eigenvalue weighted by atomic mass is 10.0. The molecule has 1 aromatic heterocycles. The lowest BCUT2D eigenvalue weighted by molar-refractivity contribution is -0.171. The van der Waals surface area contributed by atoms with Crippen molar-refractivity contribution in [1.82, 2.24) is 9.80 Å². The summed E-state index contributed by atoms with van der Waals surface area (Å²) >= 11 is 0. The molecule has 3 heterocycles. The van der Waals surface area contributed by atoms with E-state index in [1.807, 2.05) is 6.92 Å². The van der Waals surface area contributed by atoms with E-state index in [2.05, 4.69) is 0 Å². The summed E-state index contributed by atoms with van der Waals surface area (Å²) in [6, 6.07) is 3.33. The van der Waals surface area contributed by atoms with Gasteiger partial charge in [-0.1, -0.05) is 0 Å². The zero-order chi connectivity index (χ0) is 15.6. The SMILES string of the molecule is CCN1C[C@@]2(COCCN(C(=O)c3ccco3)C2)OCC1=O. The van der Waals surface area contributed by atoms with Crippen molar-refractivity contribution in [3.8, 4) is 0 Å². The molecule has 7 nitrogen and oxygen atoms in total. The van der Waals surface area contributed by atoms with Crippen molar-refractivity contribution >= 4 is 11.8 Å². The minimum atomic E-state index is -0.664. The molecule has 7 heteroatoms. The molecule has 0 N–H and O–H groups in total. The van der Waals surface area contributed by atoms with Crippen molar-refractivity contribution in [3.05, 3.63) is 24.2 Å². The first kappa shape index (κ1) is 15.1. The van der Waals surface area contributed by atoms with Gasteiger partial charge in [-0.15, -0.1) is 0 Å². The second-order valence-electron chi connectivity index (χ2n) is 5.64. The van der Waals surface area contributed by atoms with Gasteiger partial charge < -0.3 is 23.7 Å². The van der Waals surface area contributed by atoms with E-state index in [1.165, 1.54) is 6.26 Å². The molecule has 1 spiro atoms. The molecule has 3 rings (SSSR count). The zero-order valence-electron chi connectivity index (χ0n) is 12.6. The van der Waals surface area contributed by atoms with Crippen molar-refractivity contribution in [2.24, 2.45) is 0 Å². The first-order chi connectivity index (χ1) is 10.6. The summed E-state index contributed by atoms with van der Waals surface area (Å²) in [6.45, 7) is 4.69.